The fraction of sp³-hybridized carbons (Fsp3) is 0.333. The van der Waals surface area contributed by atoms with E-state index in [4.69, 9.17) is 23.7 Å². The molecule has 0 fully saturated rings. The van der Waals surface area contributed by atoms with Gasteiger partial charge in [0.1, 0.15) is 34.5 Å². The lowest BCUT2D eigenvalue weighted by molar-refractivity contribution is -0.0840. The smallest absolute Gasteiger partial charge is 0.127 e. The molecule has 0 spiro atoms. The molecule has 308 valence electrons. The van der Waals surface area contributed by atoms with Gasteiger partial charge in [-0.3, -0.25) is 0 Å². The molecule has 0 heterocycles. The lowest BCUT2D eigenvalue weighted by Gasteiger charge is -2.45. The Morgan fingerprint density at radius 1 is 0.407 bits per heavy atom. The number of para-hydroxylation sites is 2. The van der Waals surface area contributed by atoms with Crippen molar-refractivity contribution in [1.82, 2.24) is 0 Å². The van der Waals surface area contributed by atoms with E-state index < -0.39 is 0 Å². The van der Waals surface area contributed by atoms with Crippen LogP contribution in [0.4, 0.5) is 0 Å². The van der Waals surface area contributed by atoms with Gasteiger partial charge in [-0.25, -0.2) is 0 Å². The van der Waals surface area contributed by atoms with Gasteiger partial charge in [-0.1, -0.05) is 126 Å². The Labute approximate surface area is 353 Å². The lowest BCUT2D eigenvalue weighted by atomic mass is 9.71. The monoisotopic (exact) mass is 790 g/mol. The summed E-state index contributed by atoms with van der Waals surface area (Å²) < 4.78 is 32.6. The first-order valence-electron chi connectivity index (χ1n) is 21.5. The van der Waals surface area contributed by atoms with E-state index in [1.165, 1.54) is 11.1 Å². The van der Waals surface area contributed by atoms with Gasteiger partial charge >= 0.3 is 0 Å². The Bertz CT molecular complexity index is 1980. The van der Waals surface area contributed by atoms with E-state index in [1.54, 1.807) is 0 Å². The minimum absolute atomic E-state index is 0.214. The van der Waals surface area contributed by atoms with Gasteiger partial charge < -0.3 is 23.7 Å². The molecular formula is C54H62O5. The van der Waals surface area contributed by atoms with Gasteiger partial charge in [0.05, 0.1) is 25.4 Å². The number of benzene rings is 6. The summed E-state index contributed by atoms with van der Waals surface area (Å²) in [7, 11) is 0. The minimum atomic E-state index is -0.359. The first-order chi connectivity index (χ1) is 28.8. The van der Waals surface area contributed by atoms with Gasteiger partial charge in [-0.05, 0) is 134 Å². The Balaban J connectivity index is 1.42. The molecule has 4 unspecified atom stereocenters. The Kier molecular flexibility index (Phi) is 15.3. The summed E-state index contributed by atoms with van der Waals surface area (Å²) in [5.74, 6) is 5.00. The number of ether oxygens (including phenoxy) is 5. The van der Waals surface area contributed by atoms with Crippen LogP contribution in [-0.4, -0.2) is 25.4 Å². The summed E-state index contributed by atoms with van der Waals surface area (Å²) in [5, 5.41) is 0. The third-order valence-electron chi connectivity index (χ3n) is 11.8. The highest BCUT2D eigenvalue weighted by Gasteiger charge is 2.42. The normalized spacial score (nSPS) is 14.3. The molecule has 5 nitrogen and oxygen atoms in total. The van der Waals surface area contributed by atoms with Crippen molar-refractivity contribution in [3.05, 3.63) is 180 Å². The molecule has 6 rings (SSSR count). The molecule has 0 N–H and O–H groups in total. The topological polar surface area (TPSA) is 46.2 Å². The van der Waals surface area contributed by atoms with E-state index in [-0.39, 0.29) is 23.0 Å². The van der Waals surface area contributed by atoms with Crippen LogP contribution in [0.2, 0.25) is 0 Å². The van der Waals surface area contributed by atoms with E-state index in [0.29, 0.717) is 26.1 Å². The van der Waals surface area contributed by atoms with Crippen LogP contribution in [-0.2, 0) is 28.4 Å². The fourth-order valence-electron chi connectivity index (χ4n) is 7.73. The fourth-order valence-corrected chi connectivity index (χ4v) is 7.73. The van der Waals surface area contributed by atoms with Crippen LogP contribution in [0, 0.1) is 0 Å². The maximum absolute atomic E-state index is 7.84. The second kappa shape index (κ2) is 20.9. The Hall–Kier alpha value is -5.52. The average molecular weight is 791 g/mol. The second-order valence-electron chi connectivity index (χ2n) is 15.9. The first-order valence-corrected chi connectivity index (χ1v) is 21.5. The molecule has 0 saturated carbocycles. The molecule has 0 radical (unpaired) electrons. The molecular weight excluding hydrogens is 729 g/mol. The second-order valence-corrected chi connectivity index (χ2v) is 15.9. The lowest BCUT2D eigenvalue weighted by Crippen LogP contribution is -2.48. The van der Waals surface area contributed by atoms with Crippen LogP contribution < -0.4 is 18.9 Å². The highest BCUT2D eigenvalue weighted by atomic mass is 16.5. The van der Waals surface area contributed by atoms with Crippen LogP contribution >= 0.6 is 0 Å². The van der Waals surface area contributed by atoms with Crippen LogP contribution in [0.25, 0.3) is 0 Å². The summed E-state index contributed by atoms with van der Waals surface area (Å²) in [6.45, 7) is 14.9. The Morgan fingerprint density at radius 3 is 1.14 bits per heavy atom. The van der Waals surface area contributed by atoms with Crippen LogP contribution in [0.15, 0.2) is 158 Å². The maximum Gasteiger partial charge on any atom is 0.127 e. The maximum atomic E-state index is 7.84. The number of hydrogen-bond donors (Lipinski definition) is 0. The first kappa shape index (κ1) is 43.1. The highest BCUT2D eigenvalue weighted by Crippen LogP contribution is 2.42. The molecule has 0 aliphatic rings. The van der Waals surface area contributed by atoms with Crippen molar-refractivity contribution in [2.75, 3.05) is 13.2 Å². The van der Waals surface area contributed by atoms with Crippen LogP contribution in [0.3, 0.4) is 0 Å². The largest absolute Gasteiger partial charge is 0.494 e. The molecule has 4 atom stereocenters. The van der Waals surface area contributed by atoms with E-state index in [2.05, 4.69) is 126 Å². The van der Waals surface area contributed by atoms with Gasteiger partial charge in [0.15, 0.2) is 0 Å². The minimum Gasteiger partial charge on any atom is -0.494 e. The van der Waals surface area contributed by atoms with E-state index in [0.717, 1.165) is 71.3 Å². The van der Waals surface area contributed by atoms with Gasteiger partial charge in [-0.15, -0.1) is 0 Å². The quantitative estimate of drug-likeness (QED) is 0.0685. The van der Waals surface area contributed by atoms with E-state index in [1.807, 2.05) is 72.8 Å². The number of hydrogen-bond acceptors (Lipinski definition) is 5. The van der Waals surface area contributed by atoms with Crippen molar-refractivity contribution in [2.45, 2.75) is 103 Å². The van der Waals surface area contributed by atoms with Crippen LogP contribution in [0.5, 0.6) is 34.5 Å². The molecule has 0 saturated heterocycles. The highest BCUT2D eigenvalue weighted by molar-refractivity contribution is 5.39. The summed E-state index contributed by atoms with van der Waals surface area (Å²) >= 11 is 0. The zero-order chi connectivity index (χ0) is 41.5. The molecule has 6 aromatic rings. The Morgan fingerprint density at radius 2 is 0.780 bits per heavy atom. The summed E-state index contributed by atoms with van der Waals surface area (Å²) in [6, 6.07) is 54.2. The third-order valence-corrected chi connectivity index (χ3v) is 11.8. The molecule has 6 aromatic carbocycles. The van der Waals surface area contributed by atoms with Crippen molar-refractivity contribution < 1.29 is 23.7 Å². The van der Waals surface area contributed by atoms with Crippen LogP contribution in [0.1, 0.15) is 89.5 Å². The zero-order valence-corrected chi connectivity index (χ0v) is 35.9. The molecule has 5 heteroatoms. The molecule has 0 aromatic heterocycles. The summed E-state index contributed by atoms with van der Waals surface area (Å²) in [6.07, 6.45) is 4.60. The summed E-state index contributed by atoms with van der Waals surface area (Å²) in [4.78, 5) is 0. The van der Waals surface area contributed by atoms with Gasteiger partial charge in [-0.2, -0.15) is 0 Å². The zero-order valence-electron chi connectivity index (χ0n) is 35.9. The van der Waals surface area contributed by atoms with Gasteiger partial charge in [0, 0.05) is 10.8 Å². The van der Waals surface area contributed by atoms with Crippen molar-refractivity contribution >= 4 is 0 Å². The van der Waals surface area contributed by atoms with Crippen molar-refractivity contribution in [2.24, 2.45) is 0 Å². The van der Waals surface area contributed by atoms with Crippen molar-refractivity contribution in [3.8, 4) is 34.5 Å². The summed E-state index contributed by atoms with van der Waals surface area (Å²) in [5.41, 5.74) is 4.03. The van der Waals surface area contributed by atoms with E-state index >= 15 is 0 Å². The molecule has 59 heavy (non-hydrogen) atoms. The third kappa shape index (κ3) is 11.4. The predicted octanol–water partition coefficient (Wildman–Crippen LogP) is 14.1. The molecule has 0 bridgehead atoms. The predicted molar refractivity (Wildman–Crippen MR) is 242 cm³/mol. The standard InChI is InChI=1S/C54H62O5/c1-7-35-55-45-31-27-43(28-32-45)53(5,9-3)51(39-41-19-17-25-49(37-41)57-47-21-13-11-14-22-47)59-52(54(6,10-4)44-29-33-46(34-30-44)56-36-8-2)40-42-20-18-26-50(38-42)58-48-23-15-12-16-24-48/h11-34,37-38,51-52H,7-10,35-36,39-40H2,1-6H3. The van der Waals surface area contributed by atoms with Crippen molar-refractivity contribution in [3.63, 3.8) is 0 Å². The SMILES string of the molecule is CCCOc1ccc(C(C)(CC)C(Cc2cccc(Oc3ccccc3)c2)OC(Cc2cccc(Oc3ccccc3)c2)C(C)(CC)c2ccc(OCCC)cc2)cc1. The van der Waals surface area contributed by atoms with Gasteiger partial charge in [0.2, 0.25) is 0 Å². The molecule has 0 aliphatic carbocycles. The molecule has 0 amide bonds. The van der Waals surface area contributed by atoms with Gasteiger partial charge in [0.25, 0.3) is 0 Å². The average Bonchev–Trinajstić information content (AvgIpc) is 3.28. The molecule has 0 aliphatic heterocycles. The number of rotatable bonds is 22. The van der Waals surface area contributed by atoms with E-state index in [9.17, 15) is 0 Å². The van der Waals surface area contributed by atoms with Crippen molar-refractivity contribution in [1.29, 1.82) is 0 Å².